The lowest BCUT2D eigenvalue weighted by Gasteiger charge is -2.17. The summed E-state index contributed by atoms with van der Waals surface area (Å²) in [6.45, 7) is 0. The Balaban J connectivity index is 3.25. The number of phenols is 1. The Morgan fingerprint density at radius 3 is 2.33 bits per heavy atom. The molecule has 0 saturated carbocycles. The van der Waals surface area contributed by atoms with Crippen molar-refractivity contribution in [2.45, 2.75) is 12.2 Å². The minimum absolute atomic E-state index is 0.499. The van der Waals surface area contributed by atoms with Crippen LogP contribution in [0, 0.1) is 5.82 Å². The predicted octanol–water partition coefficient (Wildman–Crippen LogP) is 2.75. The largest absolute Gasteiger partial charge is 0.506 e. The molecule has 15 heavy (non-hydrogen) atoms. The highest BCUT2D eigenvalue weighted by molar-refractivity contribution is 6.32. The molecule has 84 valence electrons. The van der Waals surface area contributed by atoms with Crippen molar-refractivity contribution >= 4 is 11.6 Å². The van der Waals surface area contributed by atoms with Gasteiger partial charge in [0.1, 0.15) is 17.6 Å². The number of benzene rings is 1. The summed E-state index contributed by atoms with van der Waals surface area (Å²) < 4.78 is 49.3. The van der Waals surface area contributed by atoms with E-state index in [9.17, 15) is 22.7 Å². The molecule has 0 radical (unpaired) electrons. The number of halogens is 5. The fourth-order valence-corrected chi connectivity index (χ4v) is 1.21. The number of hydrogen-bond donors (Lipinski definition) is 2. The van der Waals surface area contributed by atoms with Gasteiger partial charge in [-0.05, 0) is 12.1 Å². The average Bonchev–Trinajstić information content (AvgIpc) is 2.08. The minimum atomic E-state index is -4.77. The number of rotatable bonds is 1. The van der Waals surface area contributed by atoms with Crippen LogP contribution in [-0.2, 0) is 0 Å². The van der Waals surface area contributed by atoms with Crippen LogP contribution < -0.4 is 5.73 Å². The summed E-state index contributed by atoms with van der Waals surface area (Å²) in [7, 11) is 0. The highest BCUT2D eigenvalue weighted by Gasteiger charge is 2.39. The minimum Gasteiger partial charge on any atom is -0.506 e. The molecule has 0 aliphatic carbocycles. The van der Waals surface area contributed by atoms with Gasteiger partial charge in [0.2, 0.25) is 0 Å². The Labute approximate surface area is 87.3 Å². The van der Waals surface area contributed by atoms with E-state index < -0.39 is 34.4 Å². The fourth-order valence-electron chi connectivity index (χ4n) is 0.999. The maximum atomic E-state index is 12.7. The lowest BCUT2D eigenvalue weighted by Crippen LogP contribution is -2.28. The zero-order chi connectivity index (χ0) is 11.8. The normalized spacial score (nSPS) is 14.0. The second-order valence-corrected chi connectivity index (χ2v) is 3.25. The first kappa shape index (κ1) is 12.1. The van der Waals surface area contributed by atoms with Gasteiger partial charge in [-0.3, -0.25) is 0 Å². The monoisotopic (exact) mass is 243 g/mol. The SMILES string of the molecule is N[C@@H](c1cc(F)cc(Cl)c1O)C(F)(F)F. The highest BCUT2D eigenvalue weighted by Crippen LogP contribution is 2.38. The van der Waals surface area contributed by atoms with Crippen LogP contribution in [0.1, 0.15) is 11.6 Å². The van der Waals surface area contributed by atoms with Crippen LogP contribution >= 0.6 is 11.6 Å². The van der Waals surface area contributed by atoms with Crippen molar-refractivity contribution in [1.29, 1.82) is 0 Å². The molecule has 1 aromatic rings. The molecule has 0 heterocycles. The molecule has 0 amide bonds. The Bertz CT molecular complexity index is 380. The lowest BCUT2D eigenvalue weighted by molar-refractivity contribution is -0.149. The molecular formula is C8H6ClF4NO. The number of phenolic OH excluding ortho intramolecular Hbond substituents is 1. The van der Waals surface area contributed by atoms with Crippen LogP contribution in [0.4, 0.5) is 17.6 Å². The fraction of sp³-hybridized carbons (Fsp3) is 0.250. The molecule has 0 spiro atoms. The number of aromatic hydroxyl groups is 1. The van der Waals surface area contributed by atoms with E-state index in [-0.39, 0.29) is 0 Å². The van der Waals surface area contributed by atoms with Gasteiger partial charge in [0, 0.05) is 5.56 Å². The summed E-state index contributed by atoms with van der Waals surface area (Å²) >= 11 is 5.30. The predicted molar refractivity (Wildman–Crippen MR) is 46.1 cm³/mol. The topological polar surface area (TPSA) is 46.2 Å². The van der Waals surface area contributed by atoms with Gasteiger partial charge in [0.15, 0.2) is 0 Å². The molecule has 0 unspecified atom stereocenters. The van der Waals surface area contributed by atoms with E-state index in [0.29, 0.717) is 12.1 Å². The second-order valence-electron chi connectivity index (χ2n) is 2.84. The molecule has 1 atom stereocenters. The van der Waals surface area contributed by atoms with E-state index >= 15 is 0 Å². The van der Waals surface area contributed by atoms with Crippen molar-refractivity contribution in [3.05, 3.63) is 28.5 Å². The molecule has 0 aromatic heterocycles. The maximum Gasteiger partial charge on any atom is 0.407 e. The van der Waals surface area contributed by atoms with Gasteiger partial charge in [0.05, 0.1) is 5.02 Å². The summed E-state index contributed by atoms with van der Waals surface area (Å²) in [6.07, 6.45) is -4.77. The third-order valence-corrected chi connectivity index (χ3v) is 2.03. The Morgan fingerprint density at radius 1 is 1.33 bits per heavy atom. The van der Waals surface area contributed by atoms with Crippen molar-refractivity contribution in [3.63, 3.8) is 0 Å². The van der Waals surface area contributed by atoms with Crippen molar-refractivity contribution in [2.24, 2.45) is 5.73 Å². The third kappa shape index (κ3) is 2.51. The van der Waals surface area contributed by atoms with E-state index in [1.54, 1.807) is 0 Å². The molecule has 0 aliphatic heterocycles. The van der Waals surface area contributed by atoms with Crippen LogP contribution in [0.3, 0.4) is 0 Å². The van der Waals surface area contributed by atoms with E-state index in [2.05, 4.69) is 0 Å². The first-order valence-corrected chi connectivity index (χ1v) is 4.11. The highest BCUT2D eigenvalue weighted by atomic mass is 35.5. The van der Waals surface area contributed by atoms with Crippen LogP contribution in [0.2, 0.25) is 5.02 Å². The molecule has 0 fully saturated rings. The zero-order valence-electron chi connectivity index (χ0n) is 7.15. The molecule has 0 saturated heterocycles. The third-order valence-electron chi connectivity index (χ3n) is 1.75. The standard InChI is InChI=1S/C8H6ClF4NO/c9-5-2-3(10)1-4(6(5)15)7(14)8(11,12)13/h1-2,7,15H,14H2/t7-/m0/s1. The van der Waals surface area contributed by atoms with Gasteiger partial charge in [-0.2, -0.15) is 13.2 Å². The molecule has 0 bridgehead atoms. The van der Waals surface area contributed by atoms with Gasteiger partial charge in [-0.1, -0.05) is 11.6 Å². The van der Waals surface area contributed by atoms with Gasteiger partial charge in [0.25, 0.3) is 0 Å². The second kappa shape index (κ2) is 3.86. The summed E-state index contributed by atoms with van der Waals surface area (Å²) in [5.41, 5.74) is 4.02. The van der Waals surface area contributed by atoms with Crippen LogP contribution in [0.5, 0.6) is 5.75 Å². The molecule has 0 aliphatic rings. The van der Waals surface area contributed by atoms with Gasteiger partial charge >= 0.3 is 6.18 Å². The van der Waals surface area contributed by atoms with Crippen molar-refractivity contribution in [3.8, 4) is 5.75 Å². The Kier molecular flexibility index (Phi) is 3.11. The van der Waals surface area contributed by atoms with E-state index in [0.717, 1.165) is 0 Å². The summed E-state index contributed by atoms with van der Waals surface area (Å²) in [5, 5.41) is 8.67. The Hall–Kier alpha value is -1.01. The number of alkyl halides is 3. The molecule has 7 heteroatoms. The molecule has 3 N–H and O–H groups in total. The molecule has 2 nitrogen and oxygen atoms in total. The summed E-state index contributed by atoms with van der Waals surface area (Å²) in [5.74, 6) is -1.85. The van der Waals surface area contributed by atoms with Crippen LogP contribution in [-0.4, -0.2) is 11.3 Å². The van der Waals surface area contributed by atoms with Crippen molar-refractivity contribution < 1.29 is 22.7 Å². The van der Waals surface area contributed by atoms with E-state index in [4.69, 9.17) is 17.3 Å². The summed E-state index contributed by atoms with van der Waals surface area (Å²) in [6, 6.07) is -1.27. The average molecular weight is 244 g/mol. The molecule has 1 rings (SSSR count). The summed E-state index contributed by atoms with van der Waals surface area (Å²) in [4.78, 5) is 0. The van der Waals surface area contributed by atoms with Crippen LogP contribution in [0.25, 0.3) is 0 Å². The van der Waals surface area contributed by atoms with E-state index in [1.807, 2.05) is 0 Å². The van der Waals surface area contributed by atoms with Gasteiger partial charge in [-0.15, -0.1) is 0 Å². The number of hydrogen-bond acceptors (Lipinski definition) is 2. The first-order valence-electron chi connectivity index (χ1n) is 3.73. The van der Waals surface area contributed by atoms with Gasteiger partial charge < -0.3 is 10.8 Å². The zero-order valence-corrected chi connectivity index (χ0v) is 7.90. The maximum absolute atomic E-state index is 12.7. The van der Waals surface area contributed by atoms with Crippen molar-refractivity contribution in [2.75, 3.05) is 0 Å². The molecular weight excluding hydrogens is 238 g/mol. The quantitative estimate of drug-likeness (QED) is 0.745. The molecule has 1 aromatic carbocycles. The number of nitrogens with two attached hydrogens (primary N) is 1. The smallest absolute Gasteiger partial charge is 0.407 e. The first-order chi connectivity index (χ1) is 6.73. The lowest BCUT2D eigenvalue weighted by atomic mass is 10.1. The van der Waals surface area contributed by atoms with E-state index in [1.165, 1.54) is 0 Å². The van der Waals surface area contributed by atoms with Gasteiger partial charge in [-0.25, -0.2) is 4.39 Å². The van der Waals surface area contributed by atoms with Crippen LogP contribution in [0.15, 0.2) is 12.1 Å². The Morgan fingerprint density at radius 2 is 1.87 bits per heavy atom. The van der Waals surface area contributed by atoms with Crippen molar-refractivity contribution in [1.82, 2.24) is 0 Å².